The minimum atomic E-state index is -0.530. The van der Waals surface area contributed by atoms with Crippen molar-refractivity contribution >= 4 is 23.0 Å². The molecule has 5 heteroatoms. The number of benzene rings is 2. The first-order valence-electron chi connectivity index (χ1n) is 7.63. The van der Waals surface area contributed by atoms with Crippen molar-refractivity contribution in [1.82, 2.24) is 0 Å². The average Bonchev–Trinajstić information content (AvgIpc) is 2.59. The van der Waals surface area contributed by atoms with Crippen LogP contribution in [0.25, 0.3) is 17.0 Å². The summed E-state index contributed by atoms with van der Waals surface area (Å²) in [6, 6.07) is 13.7. The molecule has 0 saturated heterocycles. The lowest BCUT2D eigenvalue weighted by atomic mass is 10.1. The van der Waals surface area contributed by atoms with Gasteiger partial charge < -0.3 is 13.9 Å². The van der Waals surface area contributed by atoms with Gasteiger partial charge in [-0.05, 0) is 48.4 Å². The van der Waals surface area contributed by atoms with Crippen molar-refractivity contribution < 1.29 is 18.7 Å². The summed E-state index contributed by atoms with van der Waals surface area (Å²) in [6.07, 6.45) is 2.96. The van der Waals surface area contributed by atoms with E-state index in [-0.39, 0.29) is 0 Å². The van der Waals surface area contributed by atoms with Crippen LogP contribution >= 0.6 is 0 Å². The van der Waals surface area contributed by atoms with Crippen molar-refractivity contribution in [3.8, 4) is 11.5 Å². The molecular weight excluding hydrogens is 320 g/mol. The van der Waals surface area contributed by atoms with Crippen LogP contribution in [0.1, 0.15) is 11.1 Å². The van der Waals surface area contributed by atoms with Gasteiger partial charge in [-0.2, -0.15) is 0 Å². The topological polar surface area (TPSA) is 65.7 Å². The largest absolute Gasteiger partial charge is 0.497 e. The molecule has 0 unspecified atom stereocenters. The molecule has 2 aromatic carbocycles. The maximum Gasteiger partial charge on any atom is 0.336 e. The highest BCUT2D eigenvalue weighted by Gasteiger charge is 2.06. The van der Waals surface area contributed by atoms with Gasteiger partial charge in [0.1, 0.15) is 17.1 Å². The fourth-order valence-electron chi connectivity index (χ4n) is 2.43. The van der Waals surface area contributed by atoms with E-state index in [0.29, 0.717) is 17.1 Å². The number of esters is 1. The number of hydrogen-bond donors (Lipinski definition) is 0. The molecule has 0 aliphatic heterocycles. The van der Waals surface area contributed by atoms with E-state index in [1.165, 1.54) is 18.2 Å². The monoisotopic (exact) mass is 336 g/mol. The quantitative estimate of drug-likeness (QED) is 0.314. The van der Waals surface area contributed by atoms with Gasteiger partial charge in [0.05, 0.1) is 7.11 Å². The Kier molecular flexibility index (Phi) is 4.66. The molecular formula is C20H16O5. The number of carbonyl (C=O) groups excluding carboxylic acids is 1. The zero-order valence-electron chi connectivity index (χ0n) is 13.8. The summed E-state index contributed by atoms with van der Waals surface area (Å²) in [5, 5.41) is 0.798. The molecule has 3 aromatic rings. The Morgan fingerprint density at radius 2 is 1.92 bits per heavy atom. The SMILES string of the molecule is COc1cccc(/C=C/C(=O)Oc2ccc3c(C)cc(=O)oc3c2)c1. The minimum absolute atomic E-state index is 0.307. The molecule has 25 heavy (non-hydrogen) atoms. The van der Waals surface area contributed by atoms with E-state index in [1.807, 2.05) is 25.1 Å². The third-order valence-electron chi connectivity index (χ3n) is 3.65. The summed E-state index contributed by atoms with van der Waals surface area (Å²) >= 11 is 0. The molecule has 1 aromatic heterocycles. The van der Waals surface area contributed by atoms with Gasteiger partial charge in [-0.1, -0.05) is 12.1 Å². The third-order valence-corrected chi connectivity index (χ3v) is 3.65. The van der Waals surface area contributed by atoms with Crippen LogP contribution in [0.15, 0.2) is 63.8 Å². The highest BCUT2D eigenvalue weighted by atomic mass is 16.5. The van der Waals surface area contributed by atoms with Crippen LogP contribution in [-0.4, -0.2) is 13.1 Å². The first-order valence-corrected chi connectivity index (χ1v) is 7.63. The summed E-state index contributed by atoms with van der Waals surface area (Å²) in [4.78, 5) is 23.4. The van der Waals surface area contributed by atoms with Crippen molar-refractivity contribution in [2.24, 2.45) is 0 Å². The number of carbonyl (C=O) groups is 1. The maximum atomic E-state index is 12.0. The maximum absolute atomic E-state index is 12.0. The van der Waals surface area contributed by atoms with E-state index < -0.39 is 11.6 Å². The van der Waals surface area contributed by atoms with Gasteiger partial charge >= 0.3 is 11.6 Å². The van der Waals surface area contributed by atoms with E-state index in [2.05, 4.69) is 0 Å². The molecule has 0 fully saturated rings. The molecule has 0 aliphatic carbocycles. The van der Waals surface area contributed by atoms with E-state index in [4.69, 9.17) is 13.9 Å². The van der Waals surface area contributed by atoms with Gasteiger partial charge in [-0.15, -0.1) is 0 Å². The van der Waals surface area contributed by atoms with Crippen LogP contribution in [0.3, 0.4) is 0 Å². The van der Waals surface area contributed by atoms with Crippen molar-refractivity contribution in [1.29, 1.82) is 0 Å². The second kappa shape index (κ2) is 7.05. The van der Waals surface area contributed by atoms with Crippen molar-refractivity contribution in [2.75, 3.05) is 7.11 Å². The smallest absolute Gasteiger partial charge is 0.336 e. The van der Waals surface area contributed by atoms with Crippen LogP contribution in [0.2, 0.25) is 0 Å². The Morgan fingerprint density at radius 1 is 1.08 bits per heavy atom. The molecule has 0 radical (unpaired) electrons. The van der Waals surface area contributed by atoms with Gasteiger partial charge in [-0.25, -0.2) is 9.59 Å². The molecule has 0 atom stereocenters. The molecule has 0 amide bonds. The molecule has 3 rings (SSSR count). The summed E-state index contributed by atoms with van der Waals surface area (Å²) < 4.78 is 15.5. The van der Waals surface area contributed by atoms with E-state index >= 15 is 0 Å². The Morgan fingerprint density at radius 3 is 2.72 bits per heavy atom. The van der Waals surface area contributed by atoms with Gasteiger partial charge in [0.15, 0.2) is 0 Å². The first-order chi connectivity index (χ1) is 12.0. The zero-order valence-corrected chi connectivity index (χ0v) is 13.8. The van der Waals surface area contributed by atoms with Crippen molar-refractivity contribution in [2.45, 2.75) is 6.92 Å². The van der Waals surface area contributed by atoms with Gasteiger partial charge in [0.2, 0.25) is 0 Å². The molecule has 126 valence electrons. The Hall–Kier alpha value is -3.34. The lowest BCUT2D eigenvalue weighted by Crippen LogP contribution is -2.04. The summed E-state index contributed by atoms with van der Waals surface area (Å²) in [6.45, 7) is 1.82. The second-order valence-corrected chi connectivity index (χ2v) is 5.44. The van der Waals surface area contributed by atoms with Gasteiger partial charge in [0.25, 0.3) is 0 Å². The number of fused-ring (bicyclic) bond motifs is 1. The normalized spacial score (nSPS) is 11.0. The minimum Gasteiger partial charge on any atom is -0.497 e. The molecule has 0 spiro atoms. The summed E-state index contributed by atoms with van der Waals surface area (Å²) in [5.74, 6) is 0.481. The van der Waals surface area contributed by atoms with Crippen LogP contribution in [0.4, 0.5) is 0 Å². The zero-order chi connectivity index (χ0) is 17.8. The Labute approximate surface area is 144 Å². The highest BCUT2D eigenvalue weighted by molar-refractivity contribution is 5.89. The van der Waals surface area contributed by atoms with Gasteiger partial charge in [-0.3, -0.25) is 0 Å². The van der Waals surface area contributed by atoms with Gasteiger partial charge in [0, 0.05) is 23.6 Å². The number of hydrogen-bond acceptors (Lipinski definition) is 5. The number of methoxy groups -OCH3 is 1. The second-order valence-electron chi connectivity index (χ2n) is 5.44. The lowest BCUT2D eigenvalue weighted by molar-refractivity contribution is -0.128. The fourth-order valence-corrected chi connectivity index (χ4v) is 2.43. The summed E-state index contributed by atoms with van der Waals surface area (Å²) in [5.41, 5.74) is 1.57. The van der Waals surface area contributed by atoms with Crippen molar-refractivity contribution in [3.63, 3.8) is 0 Å². The standard InChI is InChI=1S/C20H16O5/c1-13-10-20(22)25-18-12-16(7-8-17(13)18)24-19(21)9-6-14-4-3-5-15(11-14)23-2/h3-12H,1-2H3/b9-6+. The number of ether oxygens (including phenoxy) is 2. The van der Waals surface area contributed by atoms with Crippen molar-refractivity contribution in [3.05, 3.63) is 76.2 Å². The molecule has 1 heterocycles. The van der Waals surface area contributed by atoms with Crippen LogP contribution < -0.4 is 15.1 Å². The van der Waals surface area contributed by atoms with Crippen LogP contribution in [0, 0.1) is 6.92 Å². The number of rotatable bonds is 4. The number of aryl methyl sites for hydroxylation is 1. The fraction of sp³-hybridized carbons (Fsp3) is 0.100. The first kappa shape index (κ1) is 16.5. The summed E-state index contributed by atoms with van der Waals surface area (Å²) in [7, 11) is 1.58. The van der Waals surface area contributed by atoms with Crippen LogP contribution in [0.5, 0.6) is 11.5 Å². The molecule has 0 N–H and O–H groups in total. The molecule has 0 aliphatic rings. The molecule has 0 saturated carbocycles. The molecule has 0 bridgehead atoms. The average molecular weight is 336 g/mol. The predicted molar refractivity (Wildman–Crippen MR) is 94.9 cm³/mol. The van der Waals surface area contributed by atoms with E-state index in [1.54, 1.807) is 31.4 Å². The molecule has 5 nitrogen and oxygen atoms in total. The van der Waals surface area contributed by atoms with E-state index in [0.717, 1.165) is 16.5 Å². The lowest BCUT2D eigenvalue weighted by Gasteiger charge is -2.04. The predicted octanol–water partition coefficient (Wildman–Crippen LogP) is 3.73. The Balaban J connectivity index is 1.77. The third kappa shape index (κ3) is 3.95. The Bertz CT molecular complexity index is 1010. The highest BCUT2D eigenvalue weighted by Crippen LogP contribution is 2.22. The van der Waals surface area contributed by atoms with Crippen LogP contribution in [-0.2, 0) is 4.79 Å². The van der Waals surface area contributed by atoms with E-state index in [9.17, 15) is 9.59 Å².